The van der Waals surface area contributed by atoms with Crippen molar-refractivity contribution >= 4 is 0 Å². The Balaban J connectivity index is 1.40. The highest BCUT2D eigenvalue weighted by molar-refractivity contribution is 5.20. The van der Waals surface area contributed by atoms with Crippen LogP contribution in [0.15, 0.2) is 91.0 Å². The first kappa shape index (κ1) is 23.3. The fourth-order valence-corrected chi connectivity index (χ4v) is 6.36. The zero-order valence-corrected chi connectivity index (χ0v) is 20.4. The van der Waals surface area contributed by atoms with Gasteiger partial charge in [0.2, 0.25) is 0 Å². The van der Waals surface area contributed by atoms with Crippen molar-refractivity contribution < 1.29 is 9.84 Å². The molecule has 3 heteroatoms. The Morgan fingerprint density at radius 1 is 0.765 bits per heavy atom. The average Bonchev–Trinajstić information content (AvgIpc) is 2.84. The van der Waals surface area contributed by atoms with Crippen LogP contribution in [-0.4, -0.2) is 28.3 Å². The molecule has 1 N–H and O–H groups in total. The summed E-state index contributed by atoms with van der Waals surface area (Å²) in [5.74, 6) is 0.865. The highest BCUT2D eigenvalue weighted by Gasteiger charge is 2.65. The molecule has 3 saturated carbocycles. The summed E-state index contributed by atoms with van der Waals surface area (Å²) < 4.78 is 6.50. The van der Waals surface area contributed by atoms with Gasteiger partial charge in [0.05, 0.1) is 12.7 Å². The first-order valence-electron chi connectivity index (χ1n) is 12.6. The van der Waals surface area contributed by atoms with E-state index in [9.17, 15) is 5.11 Å². The Hall–Kier alpha value is -2.46. The second-order valence-electron chi connectivity index (χ2n) is 10.9. The number of ether oxygens (including phenoxy) is 1. The van der Waals surface area contributed by atoms with Gasteiger partial charge in [0.25, 0.3) is 0 Å². The van der Waals surface area contributed by atoms with E-state index in [4.69, 9.17) is 4.74 Å². The van der Waals surface area contributed by atoms with Gasteiger partial charge < -0.3 is 9.84 Å². The summed E-state index contributed by atoms with van der Waals surface area (Å²) in [5.41, 5.74) is 2.97. The predicted octanol–water partition coefficient (Wildman–Crippen LogP) is 6.07. The molecule has 6 rings (SSSR count). The van der Waals surface area contributed by atoms with Gasteiger partial charge in [-0.2, -0.15) is 0 Å². The van der Waals surface area contributed by atoms with Crippen LogP contribution in [-0.2, 0) is 24.4 Å². The van der Waals surface area contributed by atoms with Crippen LogP contribution < -0.4 is 0 Å². The molecular formula is C31H37NO2. The molecule has 0 aromatic heterocycles. The van der Waals surface area contributed by atoms with E-state index in [0.717, 1.165) is 31.5 Å². The van der Waals surface area contributed by atoms with Crippen LogP contribution in [0.3, 0.4) is 0 Å². The van der Waals surface area contributed by atoms with E-state index in [1.807, 2.05) is 18.2 Å². The van der Waals surface area contributed by atoms with Gasteiger partial charge in [-0.25, -0.2) is 0 Å². The Morgan fingerprint density at radius 2 is 1.26 bits per heavy atom. The van der Waals surface area contributed by atoms with Crippen molar-refractivity contribution in [3.8, 4) is 0 Å². The maximum Gasteiger partial charge on any atom is 0.107 e. The van der Waals surface area contributed by atoms with Crippen LogP contribution in [0.5, 0.6) is 0 Å². The van der Waals surface area contributed by atoms with Crippen molar-refractivity contribution in [2.45, 2.75) is 58.1 Å². The summed E-state index contributed by atoms with van der Waals surface area (Å²) in [4.78, 5) is 2.41. The Kier molecular flexibility index (Phi) is 6.61. The van der Waals surface area contributed by atoms with E-state index in [2.05, 4.69) is 91.5 Å². The standard InChI is InChI=1S/C31H37NO2/c1-30(2)27-18-28(30)31(33,29(19-27)34-22-26-16-10-5-11-17-26)23-32(20-24-12-6-3-7-13-24)21-25-14-8-4-9-15-25/h3-17,27-29,33H,18-23H2,1-2H3/t27-,28-,29+,31-/m1/s1. The minimum absolute atomic E-state index is 0.145. The minimum atomic E-state index is -0.878. The van der Waals surface area contributed by atoms with E-state index in [0.29, 0.717) is 19.1 Å². The van der Waals surface area contributed by atoms with Gasteiger partial charge in [0, 0.05) is 19.6 Å². The second-order valence-corrected chi connectivity index (χ2v) is 10.9. The summed E-state index contributed by atoms with van der Waals surface area (Å²) in [6.45, 7) is 7.44. The Bertz CT molecular complexity index is 1010. The zero-order chi connectivity index (χ0) is 23.6. The third kappa shape index (κ3) is 4.70. The lowest BCUT2D eigenvalue weighted by Gasteiger charge is -2.66. The third-order valence-corrected chi connectivity index (χ3v) is 8.40. The summed E-state index contributed by atoms with van der Waals surface area (Å²) in [6.07, 6.45) is 1.87. The monoisotopic (exact) mass is 455 g/mol. The number of hydrogen-bond acceptors (Lipinski definition) is 3. The van der Waals surface area contributed by atoms with Crippen LogP contribution in [0.4, 0.5) is 0 Å². The molecule has 0 unspecified atom stereocenters. The molecule has 3 nitrogen and oxygen atoms in total. The molecule has 0 aliphatic heterocycles. The maximum atomic E-state index is 12.4. The fourth-order valence-electron chi connectivity index (χ4n) is 6.36. The van der Waals surface area contributed by atoms with E-state index < -0.39 is 5.60 Å². The minimum Gasteiger partial charge on any atom is -0.386 e. The van der Waals surface area contributed by atoms with Crippen molar-refractivity contribution in [2.24, 2.45) is 17.3 Å². The largest absolute Gasteiger partial charge is 0.386 e. The number of rotatable bonds is 9. The first-order valence-corrected chi connectivity index (χ1v) is 12.6. The summed E-state index contributed by atoms with van der Waals surface area (Å²) in [7, 11) is 0. The lowest BCUT2D eigenvalue weighted by molar-refractivity contribution is -0.272. The van der Waals surface area contributed by atoms with E-state index in [1.54, 1.807) is 0 Å². The molecule has 3 aliphatic carbocycles. The van der Waals surface area contributed by atoms with Gasteiger partial charge in [-0.3, -0.25) is 4.90 Å². The maximum absolute atomic E-state index is 12.4. The SMILES string of the molecule is CC1(C)[C@H]2C[C@H](OCc3ccccc3)[C@@](O)(CN(Cc3ccccc3)Cc3ccccc3)[C@@H]1C2. The molecule has 178 valence electrons. The van der Waals surface area contributed by atoms with Crippen LogP contribution in [0.1, 0.15) is 43.4 Å². The summed E-state index contributed by atoms with van der Waals surface area (Å²) in [6, 6.07) is 31.5. The van der Waals surface area contributed by atoms with Crippen molar-refractivity contribution in [3.63, 3.8) is 0 Å². The van der Waals surface area contributed by atoms with E-state index >= 15 is 0 Å². The van der Waals surface area contributed by atoms with Crippen LogP contribution in [0.2, 0.25) is 0 Å². The molecule has 3 aliphatic rings. The van der Waals surface area contributed by atoms with Crippen molar-refractivity contribution in [2.75, 3.05) is 6.54 Å². The highest BCUT2D eigenvalue weighted by atomic mass is 16.5. The Labute approximate surface area is 204 Å². The normalized spacial score (nSPS) is 27.4. The highest BCUT2D eigenvalue weighted by Crippen LogP contribution is 2.63. The predicted molar refractivity (Wildman–Crippen MR) is 137 cm³/mol. The van der Waals surface area contributed by atoms with Gasteiger partial charge in [-0.05, 0) is 46.8 Å². The molecule has 2 bridgehead atoms. The van der Waals surface area contributed by atoms with Gasteiger partial charge in [-0.15, -0.1) is 0 Å². The lowest BCUT2D eigenvalue weighted by atomic mass is 9.43. The molecule has 0 saturated heterocycles. The van der Waals surface area contributed by atoms with Gasteiger partial charge in [0.15, 0.2) is 0 Å². The number of fused-ring (bicyclic) bond motifs is 2. The molecule has 3 fully saturated rings. The molecule has 34 heavy (non-hydrogen) atoms. The molecule has 0 amide bonds. The summed E-state index contributed by atoms with van der Waals surface area (Å²) in [5, 5.41) is 12.4. The molecule has 0 heterocycles. The smallest absolute Gasteiger partial charge is 0.107 e. The quantitative estimate of drug-likeness (QED) is 0.425. The van der Waals surface area contributed by atoms with Crippen molar-refractivity contribution in [1.82, 2.24) is 4.90 Å². The lowest BCUT2D eigenvalue weighted by Crippen LogP contribution is -2.71. The molecule has 3 aromatic carbocycles. The molecule has 0 spiro atoms. The Morgan fingerprint density at radius 3 is 1.76 bits per heavy atom. The number of nitrogens with zero attached hydrogens (tertiary/aromatic N) is 1. The van der Waals surface area contributed by atoms with Crippen molar-refractivity contribution in [3.05, 3.63) is 108 Å². The van der Waals surface area contributed by atoms with Crippen LogP contribution in [0.25, 0.3) is 0 Å². The van der Waals surface area contributed by atoms with Crippen LogP contribution >= 0.6 is 0 Å². The third-order valence-electron chi connectivity index (χ3n) is 8.40. The second kappa shape index (κ2) is 9.65. The van der Waals surface area contributed by atoms with E-state index in [-0.39, 0.29) is 17.4 Å². The van der Waals surface area contributed by atoms with Crippen LogP contribution in [0, 0.1) is 17.3 Å². The zero-order valence-electron chi connectivity index (χ0n) is 20.4. The van der Waals surface area contributed by atoms with E-state index in [1.165, 1.54) is 11.1 Å². The number of aliphatic hydroxyl groups is 1. The fraction of sp³-hybridized carbons (Fsp3) is 0.419. The average molecular weight is 456 g/mol. The first-order chi connectivity index (χ1) is 16.4. The van der Waals surface area contributed by atoms with Gasteiger partial charge in [-0.1, -0.05) is 105 Å². The molecule has 4 atom stereocenters. The number of hydrogen-bond donors (Lipinski definition) is 1. The van der Waals surface area contributed by atoms with Gasteiger partial charge in [0.1, 0.15) is 5.60 Å². The van der Waals surface area contributed by atoms with Crippen molar-refractivity contribution in [1.29, 1.82) is 0 Å². The summed E-state index contributed by atoms with van der Waals surface area (Å²) >= 11 is 0. The molecular weight excluding hydrogens is 418 g/mol. The number of benzene rings is 3. The van der Waals surface area contributed by atoms with Gasteiger partial charge >= 0.3 is 0 Å². The topological polar surface area (TPSA) is 32.7 Å². The molecule has 0 radical (unpaired) electrons. The molecule has 3 aromatic rings.